The van der Waals surface area contributed by atoms with E-state index in [1.165, 1.54) is 11.3 Å². The normalized spacial score (nSPS) is 10.9. The van der Waals surface area contributed by atoms with Crippen molar-refractivity contribution in [3.8, 4) is 0 Å². The molecule has 1 heterocycles. The number of hydrogen-bond donors (Lipinski definition) is 0. The molecule has 0 fully saturated rings. The van der Waals surface area contributed by atoms with Crippen molar-refractivity contribution in [2.24, 2.45) is 4.99 Å². The lowest BCUT2D eigenvalue weighted by Gasteiger charge is -1.88. The first kappa shape index (κ1) is 9.55. The molecule has 0 aliphatic rings. The molecule has 2 nitrogen and oxygen atoms in total. The van der Waals surface area contributed by atoms with Gasteiger partial charge in [-0.1, -0.05) is 41.7 Å². The third-order valence-electron chi connectivity index (χ3n) is 1.59. The van der Waals surface area contributed by atoms with Crippen molar-refractivity contribution in [3.05, 3.63) is 45.9 Å². The van der Waals surface area contributed by atoms with Gasteiger partial charge in [0.25, 0.3) is 0 Å². The quantitative estimate of drug-likeness (QED) is 0.762. The van der Waals surface area contributed by atoms with Gasteiger partial charge in [0, 0.05) is 6.21 Å². The van der Waals surface area contributed by atoms with E-state index < -0.39 is 0 Å². The summed E-state index contributed by atoms with van der Waals surface area (Å²) >= 11 is 4.86. The molecular formula is C10H7BrN2S. The third kappa shape index (κ3) is 2.49. The van der Waals surface area contributed by atoms with Crippen LogP contribution in [0.3, 0.4) is 0 Å². The molecule has 4 heteroatoms. The summed E-state index contributed by atoms with van der Waals surface area (Å²) in [6, 6.07) is 9.97. The molecule has 0 aliphatic heterocycles. The first-order valence-corrected chi connectivity index (χ1v) is 5.66. The van der Waals surface area contributed by atoms with Crippen LogP contribution in [0, 0.1) is 0 Å². The Labute approximate surface area is 94.5 Å². The van der Waals surface area contributed by atoms with Crippen molar-refractivity contribution < 1.29 is 0 Å². The second-order valence-electron chi connectivity index (χ2n) is 2.62. The minimum absolute atomic E-state index is 0.765. The Balaban J connectivity index is 2.15. The maximum absolute atomic E-state index is 4.25. The van der Waals surface area contributed by atoms with Crippen LogP contribution < -0.4 is 0 Å². The molecule has 14 heavy (non-hydrogen) atoms. The number of benzene rings is 1. The second kappa shape index (κ2) is 4.48. The van der Waals surface area contributed by atoms with Crippen LogP contribution in [0.2, 0.25) is 0 Å². The summed E-state index contributed by atoms with van der Waals surface area (Å²) in [5.74, 6) is 0. The molecular weight excluding hydrogens is 260 g/mol. The predicted molar refractivity (Wildman–Crippen MR) is 63.5 cm³/mol. The predicted octanol–water partition coefficient (Wildman–Crippen LogP) is 3.66. The van der Waals surface area contributed by atoms with E-state index in [-0.39, 0.29) is 0 Å². The Morgan fingerprint density at radius 2 is 2.07 bits per heavy atom. The van der Waals surface area contributed by atoms with Crippen LogP contribution in [0.1, 0.15) is 5.56 Å². The number of thiazole rings is 1. The Morgan fingerprint density at radius 1 is 1.29 bits per heavy atom. The molecule has 0 N–H and O–H groups in total. The second-order valence-corrected chi connectivity index (χ2v) is 5.00. The highest BCUT2D eigenvalue weighted by Gasteiger charge is 1.94. The highest BCUT2D eigenvalue weighted by Crippen LogP contribution is 2.25. The maximum Gasteiger partial charge on any atom is 0.210 e. The van der Waals surface area contributed by atoms with Crippen LogP contribution in [-0.2, 0) is 0 Å². The molecule has 0 amide bonds. The lowest BCUT2D eigenvalue weighted by atomic mass is 10.2. The number of aromatic nitrogens is 1. The summed E-state index contributed by atoms with van der Waals surface area (Å²) in [7, 11) is 0. The molecule has 2 rings (SSSR count). The lowest BCUT2D eigenvalue weighted by molar-refractivity contribution is 1.36. The Bertz CT molecular complexity index is 436. The van der Waals surface area contributed by atoms with E-state index in [0.29, 0.717) is 0 Å². The fourth-order valence-electron chi connectivity index (χ4n) is 0.974. The third-order valence-corrected chi connectivity index (χ3v) is 2.97. The van der Waals surface area contributed by atoms with E-state index in [4.69, 9.17) is 0 Å². The zero-order valence-corrected chi connectivity index (χ0v) is 9.62. The van der Waals surface area contributed by atoms with Crippen molar-refractivity contribution >= 4 is 38.6 Å². The Kier molecular flexibility index (Phi) is 3.06. The molecule has 0 bridgehead atoms. The highest BCUT2D eigenvalue weighted by molar-refractivity contribution is 9.11. The van der Waals surface area contributed by atoms with Gasteiger partial charge in [-0.25, -0.2) is 9.98 Å². The van der Waals surface area contributed by atoms with E-state index in [1.54, 1.807) is 6.20 Å². The minimum Gasteiger partial charge on any atom is -0.227 e. The van der Waals surface area contributed by atoms with Gasteiger partial charge in [-0.2, -0.15) is 0 Å². The molecule has 0 radical (unpaired) electrons. The Morgan fingerprint density at radius 3 is 2.71 bits per heavy atom. The molecule has 0 saturated heterocycles. The van der Waals surface area contributed by atoms with Crippen LogP contribution in [-0.4, -0.2) is 11.2 Å². The van der Waals surface area contributed by atoms with Crippen molar-refractivity contribution in [2.75, 3.05) is 0 Å². The molecule has 0 spiro atoms. The number of nitrogens with zero attached hydrogens (tertiary/aromatic N) is 2. The van der Waals surface area contributed by atoms with Crippen LogP contribution in [0.5, 0.6) is 0 Å². The van der Waals surface area contributed by atoms with Gasteiger partial charge in [-0.15, -0.1) is 0 Å². The summed E-state index contributed by atoms with van der Waals surface area (Å²) in [5.41, 5.74) is 1.08. The van der Waals surface area contributed by atoms with Crippen molar-refractivity contribution in [2.45, 2.75) is 0 Å². The standard InChI is InChI=1S/C10H7BrN2S/c11-9-7-13-10(14-9)12-6-8-4-2-1-3-5-8/h1-7H/b12-6+. The van der Waals surface area contributed by atoms with E-state index in [9.17, 15) is 0 Å². The average molecular weight is 267 g/mol. The number of hydrogen-bond acceptors (Lipinski definition) is 3. The monoisotopic (exact) mass is 266 g/mol. The fourth-order valence-corrected chi connectivity index (χ4v) is 2.00. The molecule has 0 aliphatic carbocycles. The first-order chi connectivity index (χ1) is 6.84. The maximum atomic E-state index is 4.25. The van der Waals surface area contributed by atoms with Gasteiger partial charge in [0.15, 0.2) is 0 Å². The minimum atomic E-state index is 0.765. The van der Waals surface area contributed by atoms with Crippen LogP contribution in [0.15, 0.2) is 45.3 Å². The van der Waals surface area contributed by atoms with Crippen molar-refractivity contribution in [3.63, 3.8) is 0 Å². The van der Waals surface area contributed by atoms with Gasteiger partial charge >= 0.3 is 0 Å². The highest BCUT2D eigenvalue weighted by atomic mass is 79.9. The molecule has 0 unspecified atom stereocenters. The fraction of sp³-hybridized carbons (Fsp3) is 0. The van der Waals surface area contributed by atoms with E-state index in [0.717, 1.165) is 14.5 Å². The SMILES string of the molecule is Brc1cnc(/N=C/c2ccccc2)s1. The number of aliphatic imine (C=N–C) groups is 1. The molecule has 2 aromatic rings. The van der Waals surface area contributed by atoms with Crippen LogP contribution >= 0.6 is 27.3 Å². The van der Waals surface area contributed by atoms with Gasteiger partial charge in [0.2, 0.25) is 5.13 Å². The van der Waals surface area contributed by atoms with Crippen molar-refractivity contribution in [1.82, 2.24) is 4.98 Å². The van der Waals surface area contributed by atoms with Gasteiger partial charge in [-0.3, -0.25) is 0 Å². The topological polar surface area (TPSA) is 25.2 Å². The smallest absolute Gasteiger partial charge is 0.210 e. The molecule has 70 valence electrons. The average Bonchev–Trinajstić information content (AvgIpc) is 2.63. The summed E-state index contributed by atoms with van der Waals surface area (Å²) in [4.78, 5) is 8.35. The van der Waals surface area contributed by atoms with Gasteiger partial charge < -0.3 is 0 Å². The van der Waals surface area contributed by atoms with E-state index in [2.05, 4.69) is 25.9 Å². The van der Waals surface area contributed by atoms with Crippen LogP contribution in [0.25, 0.3) is 0 Å². The molecule has 1 aromatic carbocycles. The first-order valence-electron chi connectivity index (χ1n) is 4.05. The molecule has 0 atom stereocenters. The zero-order chi connectivity index (χ0) is 9.80. The van der Waals surface area contributed by atoms with Gasteiger partial charge in [0.1, 0.15) is 0 Å². The summed E-state index contributed by atoms with van der Waals surface area (Å²) < 4.78 is 0.998. The summed E-state index contributed by atoms with van der Waals surface area (Å²) in [6.45, 7) is 0. The van der Waals surface area contributed by atoms with E-state index >= 15 is 0 Å². The zero-order valence-electron chi connectivity index (χ0n) is 7.22. The largest absolute Gasteiger partial charge is 0.227 e. The molecule has 0 saturated carbocycles. The Hall–Kier alpha value is -1.00. The summed E-state index contributed by atoms with van der Waals surface area (Å²) in [5, 5.41) is 0.765. The van der Waals surface area contributed by atoms with Gasteiger partial charge in [-0.05, 0) is 21.5 Å². The number of rotatable bonds is 2. The summed E-state index contributed by atoms with van der Waals surface area (Å²) in [6.07, 6.45) is 3.56. The number of halogens is 1. The van der Waals surface area contributed by atoms with Gasteiger partial charge in [0.05, 0.1) is 9.98 Å². The molecule has 1 aromatic heterocycles. The lowest BCUT2D eigenvalue weighted by Crippen LogP contribution is -1.76. The van der Waals surface area contributed by atoms with E-state index in [1.807, 2.05) is 36.5 Å². The van der Waals surface area contributed by atoms with Crippen LogP contribution in [0.4, 0.5) is 5.13 Å². The van der Waals surface area contributed by atoms with Crippen molar-refractivity contribution in [1.29, 1.82) is 0 Å².